The minimum absolute atomic E-state index is 0.0556. The molecule has 0 aromatic rings. The van der Waals surface area contributed by atoms with Crippen LogP contribution in [-0.4, -0.2) is 5.78 Å². The molecule has 0 aromatic carbocycles. The number of ketones is 1. The summed E-state index contributed by atoms with van der Waals surface area (Å²) in [6.45, 7) is 10.5. The summed E-state index contributed by atoms with van der Waals surface area (Å²) >= 11 is 0. The van der Waals surface area contributed by atoms with E-state index in [-0.39, 0.29) is 10.8 Å². The Morgan fingerprint density at radius 1 is 1.43 bits per heavy atom. The van der Waals surface area contributed by atoms with Crippen LogP contribution in [0.15, 0.2) is 12.2 Å². The zero-order valence-corrected chi connectivity index (χ0v) is 9.26. The number of hydrogen-bond donors (Lipinski definition) is 0. The van der Waals surface area contributed by atoms with Gasteiger partial charge in [0.2, 0.25) is 0 Å². The number of rotatable bonds is 1. The number of fused-ring (bicyclic) bond motifs is 1. The molecule has 0 saturated heterocycles. The molecule has 0 amide bonds. The molecule has 0 N–H and O–H groups in total. The van der Waals surface area contributed by atoms with E-state index < -0.39 is 0 Å². The van der Waals surface area contributed by atoms with E-state index in [2.05, 4.69) is 27.4 Å². The fourth-order valence-corrected chi connectivity index (χ4v) is 4.52. The van der Waals surface area contributed by atoms with Crippen molar-refractivity contribution in [1.82, 2.24) is 0 Å². The Morgan fingerprint density at radius 3 is 2.50 bits per heavy atom. The van der Waals surface area contributed by atoms with Crippen molar-refractivity contribution in [2.75, 3.05) is 0 Å². The summed E-state index contributed by atoms with van der Waals surface area (Å²) in [5.74, 6) is 2.42. The van der Waals surface area contributed by atoms with Crippen LogP contribution in [0.2, 0.25) is 0 Å². The molecule has 4 rings (SSSR count). The number of hydrogen-bond acceptors (Lipinski definition) is 1. The Labute approximate surface area is 85.6 Å². The molecule has 0 spiro atoms. The maximum absolute atomic E-state index is 12.3. The van der Waals surface area contributed by atoms with Gasteiger partial charge in [0.05, 0.1) is 0 Å². The van der Waals surface area contributed by atoms with Gasteiger partial charge in [-0.3, -0.25) is 4.79 Å². The van der Waals surface area contributed by atoms with E-state index in [9.17, 15) is 4.79 Å². The third kappa shape index (κ3) is 0.627. The first-order valence-electron chi connectivity index (χ1n) is 5.62. The molecule has 4 fully saturated rings. The van der Waals surface area contributed by atoms with E-state index in [1.165, 1.54) is 12.0 Å². The van der Waals surface area contributed by atoms with Gasteiger partial charge < -0.3 is 0 Å². The number of carbonyl (C=O) groups is 1. The van der Waals surface area contributed by atoms with Crippen molar-refractivity contribution in [3.05, 3.63) is 12.2 Å². The average Bonchev–Trinajstić information content (AvgIpc) is 2.63. The second-order valence-electron chi connectivity index (χ2n) is 6.08. The molecular weight excluding hydrogens is 172 g/mol. The van der Waals surface area contributed by atoms with Crippen molar-refractivity contribution >= 4 is 5.78 Å². The Morgan fingerprint density at radius 2 is 2.07 bits per heavy atom. The highest BCUT2D eigenvalue weighted by Crippen LogP contribution is 2.78. The van der Waals surface area contributed by atoms with Crippen molar-refractivity contribution in [3.63, 3.8) is 0 Å². The molecule has 1 heteroatoms. The largest absolute Gasteiger partial charge is 0.298 e. The SMILES string of the molecule is C=C(C)[C@@H]1C[C@H]2[C@H]3C[C@]1(C)C(=O)[C@]32C. The third-order valence-corrected chi connectivity index (χ3v) is 5.42. The van der Waals surface area contributed by atoms with Gasteiger partial charge in [-0.15, -0.1) is 0 Å². The molecule has 0 radical (unpaired) electrons. The second kappa shape index (κ2) is 2.00. The van der Waals surface area contributed by atoms with Crippen molar-refractivity contribution in [2.24, 2.45) is 28.6 Å². The van der Waals surface area contributed by atoms with Gasteiger partial charge >= 0.3 is 0 Å². The molecular formula is C13H18O. The lowest BCUT2D eigenvalue weighted by Gasteiger charge is -2.42. The Bertz CT molecular complexity index is 356. The van der Waals surface area contributed by atoms with E-state index in [0.29, 0.717) is 17.6 Å². The number of carbonyl (C=O) groups excluding carboxylic acids is 1. The van der Waals surface area contributed by atoms with Crippen LogP contribution in [0, 0.1) is 28.6 Å². The van der Waals surface area contributed by atoms with Gasteiger partial charge in [-0.05, 0) is 37.5 Å². The number of Topliss-reactive ketones (excluding diaryl/α,β-unsaturated/α-hetero) is 1. The standard InChI is InChI=1S/C13H18O/c1-7(2)8-5-9-10-6-12(8,3)11(14)13(9,10)4/h8-10H,1,5-6H2,2-4H3/t8-,9-,10+,12-,13-/m0/s1. The fraction of sp³-hybridized carbons (Fsp3) is 0.769. The smallest absolute Gasteiger partial charge is 0.145 e. The summed E-state index contributed by atoms with van der Waals surface area (Å²) < 4.78 is 0. The molecule has 4 saturated carbocycles. The lowest BCUT2D eigenvalue weighted by atomic mass is 9.60. The lowest BCUT2D eigenvalue weighted by molar-refractivity contribution is -0.136. The third-order valence-electron chi connectivity index (χ3n) is 5.42. The van der Waals surface area contributed by atoms with Gasteiger partial charge in [0.25, 0.3) is 0 Å². The molecule has 0 aliphatic heterocycles. The summed E-state index contributed by atoms with van der Waals surface area (Å²) in [5.41, 5.74) is 1.24. The van der Waals surface area contributed by atoms with Gasteiger partial charge in [0.15, 0.2) is 0 Å². The Kier molecular flexibility index (Phi) is 1.24. The van der Waals surface area contributed by atoms with E-state index in [1.54, 1.807) is 0 Å². The fourth-order valence-electron chi connectivity index (χ4n) is 4.52. The summed E-state index contributed by atoms with van der Waals surface area (Å²) in [4.78, 5) is 12.3. The Hall–Kier alpha value is -0.590. The van der Waals surface area contributed by atoms with Crippen molar-refractivity contribution in [3.8, 4) is 0 Å². The molecule has 0 aromatic heterocycles. The maximum Gasteiger partial charge on any atom is 0.145 e. The second-order valence-corrected chi connectivity index (χ2v) is 6.08. The molecule has 0 heterocycles. The predicted molar refractivity (Wildman–Crippen MR) is 55.7 cm³/mol. The van der Waals surface area contributed by atoms with Crippen molar-refractivity contribution in [2.45, 2.75) is 33.6 Å². The topological polar surface area (TPSA) is 17.1 Å². The van der Waals surface area contributed by atoms with E-state index >= 15 is 0 Å². The van der Waals surface area contributed by atoms with E-state index in [0.717, 1.165) is 12.3 Å². The highest BCUT2D eigenvalue weighted by Gasteiger charge is 2.79. The first-order chi connectivity index (χ1) is 6.42. The molecule has 4 aliphatic carbocycles. The first kappa shape index (κ1) is 8.70. The molecule has 4 aliphatic rings. The van der Waals surface area contributed by atoms with Crippen molar-refractivity contribution in [1.29, 1.82) is 0 Å². The monoisotopic (exact) mass is 190 g/mol. The summed E-state index contributed by atoms with van der Waals surface area (Å²) in [6.07, 6.45) is 2.35. The predicted octanol–water partition coefficient (Wildman–Crippen LogP) is 2.81. The van der Waals surface area contributed by atoms with Gasteiger partial charge in [0.1, 0.15) is 5.78 Å². The van der Waals surface area contributed by atoms with Crippen LogP contribution in [0.5, 0.6) is 0 Å². The maximum atomic E-state index is 12.3. The Balaban J connectivity index is 2.06. The van der Waals surface area contributed by atoms with Crippen LogP contribution in [-0.2, 0) is 4.79 Å². The molecule has 76 valence electrons. The molecule has 4 bridgehead atoms. The molecule has 1 nitrogen and oxygen atoms in total. The number of allylic oxidation sites excluding steroid dienone is 1. The summed E-state index contributed by atoms with van der Waals surface area (Å²) in [5, 5.41) is 0. The highest BCUT2D eigenvalue weighted by molar-refractivity contribution is 5.97. The molecule has 5 atom stereocenters. The summed E-state index contributed by atoms with van der Waals surface area (Å²) in [7, 11) is 0. The van der Waals surface area contributed by atoms with Crippen LogP contribution in [0.4, 0.5) is 0 Å². The van der Waals surface area contributed by atoms with Gasteiger partial charge in [-0.2, -0.15) is 0 Å². The zero-order valence-electron chi connectivity index (χ0n) is 9.26. The molecule has 0 unspecified atom stereocenters. The van der Waals surface area contributed by atoms with Crippen molar-refractivity contribution < 1.29 is 4.79 Å². The minimum atomic E-state index is -0.0556. The quantitative estimate of drug-likeness (QED) is 0.581. The highest BCUT2D eigenvalue weighted by atomic mass is 16.1. The van der Waals surface area contributed by atoms with Gasteiger partial charge in [-0.1, -0.05) is 26.0 Å². The minimum Gasteiger partial charge on any atom is -0.298 e. The van der Waals surface area contributed by atoms with Crippen LogP contribution < -0.4 is 0 Å². The normalized spacial score (nSPS) is 58.8. The van der Waals surface area contributed by atoms with Crippen LogP contribution in [0.1, 0.15) is 33.6 Å². The average molecular weight is 190 g/mol. The van der Waals surface area contributed by atoms with Crippen LogP contribution in [0.3, 0.4) is 0 Å². The van der Waals surface area contributed by atoms with Gasteiger partial charge in [0, 0.05) is 10.8 Å². The van der Waals surface area contributed by atoms with E-state index in [1.807, 2.05) is 0 Å². The van der Waals surface area contributed by atoms with E-state index in [4.69, 9.17) is 0 Å². The molecule has 14 heavy (non-hydrogen) atoms. The summed E-state index contributed by atoms with van der Waals surface area (Å²) in [6, 6.07) is 0. The zero-order chi connectivity index (χ0) is 10.3. The van der Waals surface area contributed by atoms with Crippen LogP contribution in [0.25, 0.3) is 0 Å². The van der Waals surface area contributed by atoms with Crippen LogP contribution >= 0.6 is 0 Å². The lowest BCUT2D eigenvalue weighted by Crippen LogP contribution is -2.43. The van der Waals surface area contributed by atoms with Gasteiger partial charge in [-0.25, -0.2) is 0 Å². The first-order valence-corrected chi connectivity index (χ1v) is 5.62.